The van der Waals surface area contributed by atoms with Crippen LogP contribution in [0.5, 0.6) is 0 Å². The highest BCUT2D eigenvalue weighted by Crippen LogP contribution is 2.36. The molecule has 1 aliphatic rings. The molecule has 0 spiro atoms. The molecule has 33 heavy (non-hydrogen) atoms. The van der Waals surface area contributed by atoms with Gasteiger partial charge < -0.3 is 9.30 Å². The first kappa shape index (κ1) is 24.3. The van der Waals surface area contributed by atoms with Gasteiger partial charge in [-0.2, -0.15) is 0 Å². The molecule has 4 nitrogen and oxygen atoms in total. The Hall–Kier alpha value is -1.82. The summed E-state index contributed by atoms with van der Waals surface area (Å²) < 4.78 is 10.3. The lowest BCUT2D eigenvalue weighted by Crippen LogP contribution is -2.22. The number of aromatic nitrogens is 2. The maximum absolute atomic E-state index is 5.36. The summed E-state index contributed by atoms with van der Waals surface area (Å²) in [5.41, 5.74) is 3.83. The number of hydrogen-bond acceptors (Lipinski definition) is 4. The first-order chi connectivity index (χ1) is 15.9. The number of benzene rings is 2. The molecule has 0 saturated carbocycles. The van der Waals surface area contributed by atoms with Crippen molar-refractivity contribution in [2.75, 3.05) is 26.8 Å². The van der Waals surface area contributed by atoms with E-state index in [1.807, 2.05) is 11.9 Å². The van der Waals surface area contributed by atoms with Crippen molar-refractivity contribution in [1.29, 1.82) is 0 Å². The summed E-state index contributed by atoms with van der Waals surface area (Å²) in [5, 5.41) is 0. The van der Waals surface area contributed by atoms with Gasteiger partial charge in [0.1, 0.15) is 5.82 Å². The van der Waals surface area contributed by atoms with Gasteiger partial charge in [0.25, 0.3) is 0 Å². The van der Waals surface area contributed by atoms with Crippen molar-refractivity contribution in [2.24, 2.45) is 5.92 Å². The van der Waals surface area contributed by atoms with Crippen LogP contribution in [0.15, 0.2) is 53.4 Å². The average molecular weight is 466 g/mol. The molecule has 3 aromatic rings. The van der Waals surface area contributed by atoms with Crippen LogP contribution >= 0.6 is 11.9 Å². The Labute approximate surface area is 203 Å². The van der Waals surface area contributed by atoms with Crippen LogP contribution in [0.4, 0.5) is 0 Å². The van der Waals surface area contributed by atoms with Gasteiger partial charge in [-0.05, 0) is 60.4 Å². The standard InChI is InChI=1S/C28H39N3OS/c1-6-21(15-17-32-5)19-31-26-13-12-24(18-25(26)29-27(31)28(2,3)4)33-30-16-14-23(20-30)22-10-8-7-9-11-22/h7-13,18,21,23H,6,14-17,19-20H2,1-5H3. The van der Waals surface area contributed by atoms with Crippen LogP contribution in [0.3, 0.4) is 0 Å². The van der Waals surface area contributed by atoms with Gasteiger partial charge in [-0.15, -0.1) is 0 Å². The molecule has 0 bridgehead atoms. The zero-order valence-corrected chi connectivity index (χ0v) is 21.7. The van der Waals surface area contributed by atoms with Gasteiger partial charge in [0, 0.05) is 43.7 Å². The predicted molar refractivity (Wildman–Crippen MR) is 140 cm³/mol. The minimum atomic E-state index is 0.00370. The van der Waals surface area contributed by atoms with Crippen LogP contribution in [0.25, 0.3) is 11.0 Å². The maximum Gasteiger partial charge on any atom is 0.115 e. The molecular formula is C28H39N3OS. The molecule has 0 N–H and O–H groups in total. The van der Waals surface area contributed by atoms with E-state index in [-0.39, 0.29) is 5.41 Å². The molecule has 4 rings (SSSR count). The van der Waals surface area contributed by atoms with E-state index < -0.39 is 0 Å². The van der Waals surface area contributed by atoms with Crippen LogP contribution in [0.1, 0.15) is 64.3 Å². The van der Waals surface area contributed by atoms with Crippen LogP contribution in [-0.2, 0) is 16.7 Å². The molecule has 2 heterocycles. The largest absolute Gasteiger partial charge is 0.385 e. The van der Waals surface area contributed by atoms with Gasteiger partial charge in [0.2, 0.25) is 0 Å². The highest BCUT2D eigenvalue weighted by Gasteiger charge is 2.26. The van der Waals surface area contributed by atoms with Crippen molar-refractivity contribution in [3.8, 4) is 0 Å². The zero-order chi connectivity index (χ0) is 23.4. The predicted octanol–water partition coefficient (Wildman–Crippen LogP) is 6.89. The van der Waals surface area contributed by atoms with Crippen molar-refractivity contribution < 1.29 is 4.74 Å². The quantitative estimate of drug-likeness (QED) is 0.322. The lowest BCUT2D eigenvalue weighted by molar-refractivity contribution is 0.171. The van der Waals surface area contributed by atoms with Crippen molar-refractivity contribution in [3.63, 3.8) is 0 Å². The Morgan fingerprint density at radius 2 is 1.94 bits per heavy atom. The lowest BCUT2D eigenvalue weighted by atomic mass is 9.95. The van der Waals surface area contributed by atoms with E-state index >= 15 is 0 Å². The summed E-state index contributed by atoms with van der Waals surface area (Å²) >= 11 is 1.88. The van der Waals surface area contributed by atoms with Crippen molar-refractivity contribution >= 4 is 23.0 Å². The van der Waals surface area contributed by atoms with E-state index in [0.29, 0.717) is 11.8 Å². The molecule has 2 atom stereocenters. The van der Waals surface area contributed by atoms with Crippen molar-refractivity contribution in [1.82, 2.24) is 13.9 Å². The van der Waals surface area contributed by atoms with E-state index in [9.17, 15) is 0 Å². The molecule has 1 saturated heterocycles. The fourth-order valence-electron chi connectivity index (χ4n) is 4.85. The number of imidazole rings is 1. The van der Waals surface area contributed by atoms with E-state index in [0.717, 1.165) is 44.6 Å². The third kappa shape index (κ3) is 5.82. The van der Waals surface area contributed by atoms with E-state index in [1.165, 1.54) is 28.2 Å². The molecule has 1 fully saturated rings. The third-order valence-corrected chi connectivity index (χ3v) is 7.85. The maximum atomic E-state index is 5.36. The van der Waals surface area contributed by atoms with Gasteiger partial charge >= 0.3 is 0 Å². The minimum Gasteiger partial charge on any atom is -0.385 e. The number of methoxy groups -OCH3 is 1. The molecule has 2 unspecified atom stereocenters. The second kappa shape index (κ2) is 10.6. The fraction of sp³-hybridized carbons (Fsp3) is 0.536. The Morgan fingerprint density at radius 3 is 2.64 bits per heavy atom. The van der Waals surface area contributed by atoms with E-state index in [4.69, 9.17) is 9.72 Å². The average Bonchev–Trinajstić information content (AvgIpc) is 3.41. The summed E-state index contributed by atoms with van der Waals surface area (Å²) in [6.07, 6.45) is 3.46. The summed E-state index contributed by atoms with van der Waals surface area (Å²) in [7, 11) is 1.79. The first-order valence-corrected chi connectivity index (χ1v) is 13.1. The minimum absolute atomic E-state index is 0.00370. The van der Waals surface area contributed by atoms with Gasteiger partial charge in [-0.25, -0.2) is 9.29 Å². The molecular weight excluding hydrogens is 426 g/mol. The Balaban J connectivity index is 1.54. The Bertz CT molecular complexity index is 1040. The monoisotopic (exact) mass is 465 g/mol. The topological polar surface area (TPSA) is 30.3 Å². The number of nitrogens with zero attached hydrogens (tertiary/aromatic N) is 3. The molecule has 0 aliphatic carbocycles. The molecule has 5 heteroatoms. The number of fused-ring (bicyclic) bond motifs is 1. The second-order valence-corrected chi connectivity index (χ2v) is 11.5. The van der Waals surface area contributed by atoms with Gasteiger partial charge in [0.05, 0.1) is 11.0 Å². The Kier molecular flexibility index (Phi) is 7.83. The fourth-order valence-corrected chi connectivity index (χ4v) is 5.89. The summed E-state index contributed by atoms with van der Waals surface area (Å²) in [5.74, 6) is 2.41. The van der Waals surface area contributed by atoms with E-state index in [2.05, 4.69) is 85.1 Å². The van der Waals surface area contributed by atoms with Crippen LogP contribution in [0.2, 0.25) is 0 Å². The molecule has 1 aromatic heterocycles. The normalized spacial score (nSPS) is 18.3. The van der Waals surface area contributed by atoms with Gasteiger partial charge in [-0.1, -0.05) is 64.4 Å². The second-order valence-electron chi connectivity index (χ2n) is 10.4. The summed E-state index contributed by atoms with van der Waals surface area (Å²) in [4.78, 5) is 6.43. The lowest BCUT2D eigenvalue weighted by Gasteiger charge is -2.23. The van der Waals surface area contributed by atoms with Crippen molar-refractivity contribution in [3.05, 3.63) is 59.9 Å². The van der Waals surface area contributed by atoms with Crippen LogP contribution in [0, 0.1) is 5.92 Å². The molecule has 0 amide bonds. The molecule has 1 aliphatic heterocycles. The first-order valence-electron chi connectivity index (χ1n) is 12.4. The van der Waals surface area contributed by atoms with Crippen LogP contribution < -0.4 is 0 Å². The van der Waals surface area contributed by atoms with Crippen LogP contribution in [-0.4, -0.2) is 40.7 Å². The smallest absolute Gasteiger partial charge is 0.115 e. The highest BCUT2D eigenvalue weighted by molar-refractivity contribution is 7.97. The number of hydrogen-bond donors (Lipinski definition) is 0. The van der Waals surface area contributed by atoms with E-state index in [1.54, 1.807) is 7.11 Å². The molecule has 178 valence electrons. The van der Waals surface area contributed by atoms with Gasteiger partial charge in [-0.3, -0.25) is 0 Å². The number of rotatable bonds is 9. The zero-order valence-electron chi connectivity index (χ0n) is 20.9. The SMILES string of the molecule is CCC(CCOC)Cn1c(C(C)(C)C)nc2cc(SN3CCC(c4ccccc4)C3)ccc21. The summed E-state index contributed by atoms with van der Waals surface area (Å²) in [6, 6.07) is 17.8. The molecule has 0 radical (unpaired) electrons. The third-order valence-electron chi connectivity index (χ3n) is 6.80. The van der Waals surface area contributed by atoms with Crippen molar-refractivity contribution in [2.45, 2.75) is 69.7 Å². The van der Waals surface area contributed by atoms with Gasteiger partial charge in [0.15, 0.2) is 0 Å². The summed E-state index contributed by atoms with van der Waals surface area (Å²) in [6.45, 7) is 13.1. The highest BCUT2D eigenvalue weighted by atomic mass is 32.2. The molecule has 2 aromatic carbocycles. The Morgan fingerprint density at radius 1 is 1.15 bits per heavy atom. The number of ether oxygens (including phenoxy) is 1.